The summed E-state index contributed by atoms with van der Waals surface area (Å²) in [5.41, 5.74) is 1.29. The Hall–Kier alpha value is -0.480. The molecule has 2 aromatic rings. The SMILES string of the molecule is CC(Nc1cccc(Cl)c1Br)c1c(Cl)ccc(F)c1Cl. The Bertz CT molecular complexity index is 649. The van der Waals surface area contributed by atoms with E-state index in [1.165, 1.54) is 12.1 Å². The van der Waals surface area contributed by atoms with Crippen molar-refractivity contribution in [2.75, 3.05) is 5.32 Å². The number of hydrogen-bond acceptors (Lipinski definition) is 1. The molecule has 20 heavy (non-hydrogen) atoms. The Balaban J connectivity index is 2.36. The van der Waals surface area contributed by atoms with Crippen LogP contribution >= 0.6 is 50.7 Å². The lowest BCUT2D eigenvalue weighted by Gasteiger charge is -2.20. The second-order valence-electron chi connectivity index (χ2n) is 4.22. The summed E-state index contributed by atoms with van der Waals surface area (Å²) in [6.07, 6.45) is 0. The van der Waals surface area contributed by atoms with Crippen LogP contribution in [0.15, 0.2) is 34.8 Å². The quantitative estimate of drug-likeness (QED) is 0.567. The van der Waals surface area contributed by atoms with E-state index >= 15 is 0 Å². The van der Waals surface area contributed by atoms with E-state index in [0.717, 1.165) is 10.2 Å². The zero-order chi connectivity index (χ0) is 14.9. The van der Waals surface area contributed by atoms with Gasteiger partial charge in [0.05, 0.1) is 26.2 Å². The van der Waals surface area contributed by atoms with Crippen molar-refractivity contribution in [3.05, 3.63) is 61.3 Å². The molecule has 0 spiro atoms. The summed E-state index contributed by atoms with van der Waals surface area (Å²) in [5.74, 6) is -0.495. The van der Waals surface area contributed by atoms with Crippen LogP contribution in [0.25, 0.3) is 0 Å². The van der Waals surface area contributed by atoms with Gasteiger partial charge in [-0.3, -0.25) is 0 Å². The van der Waals surface area contributed by atoms with E-state index in [1.807, 2.05) is 19.1 Å². The van der Waals surface area contributed by atoms with Gasteiger partial charge in [0.15, 0.2) is 0 Å². The maximum absolute atomic E-state index is 13.6. The predicted octanol–water partition coefficient (Wildman–Crippen LogP) is 6.72. The average Bonchev–Trinajstić information content (AvgIpc) is 2.40. The van der Waals surface area contributed by atoms with Crippen molar-refractivity contribution < 1.29 is 4.39 Å². The van der Waals surface area contributed by atoms with Gasteiger partial charge in [0.25, 0.3) is 0 Å². The van der Waals surface area contributed by atoms with Gasteiger partial charge in [-0.15, -0.1) is 0 Å². The topological polar surface area (TPSA) is 12.0 Å². The second-order valence-corrected chi connectivity index (χ2v) is 6.21. The minimum Gasteiger partial charge on any atom is -0.377 e. The molecule has 0 aliphatic carbocycles. The van der Waals surface area contributed by atoms with Crippen molar-refractivity contribution in [1.82, 2.24) is 0 Å². The lowest BCUT2D eigenvalue weighted by Crippen LogP contribution is -2.09. The van der Waals surface area contributed by atoms with Gasteiger partial charge in [0.1, 0.15) is 5.82 Å². The molecule has 1 nitrogen and oxygen atoms in total. The van der Waals surface area contributed by atoms with Crippen LogP contribution in [0.1, 0.15) is 18.5 Å². The Morgan fingerprint density at radius 2 is 1.80 bits per heavy atom. The van der Waals surface area contributed by atoms with Crippen molar-refractivity contribution in [3.8, 4) is 0 Å². The van der Waals surface area contributed by atoms with Gasteiger partial charge in [-0.1, -0.05) is 40.9 Å². The molecule has 0 heterocycles. The first-order chi connectivity index (χ1) is 9.41. The standard InChI is InChI=1S/C14H10BrCl3FN/c1-7(12-8(16)5-6-10(19)14(12)18)20-11-4-2-3-9(17)13(11)15/h2-7,20H,1H3. The lowest BCUT2D eigenvalue weighted by atomic mass is 10.1. The molecule has 1 N–H and O–H groups in total. The molecule has 0 aromatic heterocycles. The molecule has 106 valence electrons. The lowest BCUT2D eigenvalue weighted by molar-refractivity contribution is 0.624. The van der Waals surface area contributed by atoms with Gasteiger partial charge in [-0.2, -0.15) is 0 Å². The zero-order valence-corrected chi connectivity index (χ0v) is 14.2. The Kier molecular flexibility index (Phi) is 5.19. The number of benzene rings is 2. The first kappa shape index (κ1) is 15.9. The van der Waals surface area contributed by atoms with Crippen LogP contribution < -0.4 is 5.32 Å². The third-order valence-corrected chi connectivity index (χ3v) is 4.95. The molecule has 0 amide bonds. The van der Waals surface area contributed by atoms with E-state index in [2.05, 4.69) is 21.2 Å². The first-order valence-electron chi connectivity index (χ1n) is 5.75. The highest BCUT2D eigenvalue weighted by atomic mass is 79.9. The van der Waals surface area contributed by atoms with E-state index < -0.39 is 5.82 Å². The van der Waals surface area contributed by atoms with E-state index in [4.69, 9.17) is 34.8 Å². The summed E-state index contributed by atoms with van der Waals surface area (Å²) in [7, 11) is 0. The van der Waals surface area contributed by atoms with Crippen LogP contribution in [0, 0.1) is 5.82 Å². The summed E-state index contributed by atoms with van der Waals surface area (Å²) >= 11 is 21.5. The second kappa shape index (κ2) is 6.52. The summed E-state index contributed by atoms with van der Waals surface area (Å²) in [5, 5.41) is 4.23. The van der Waals surface area contributed by atoms with Crippen LogP contribution in [0.2, 0.25) is 15.1 Å². The monoisotopic (exact) mass is 395 g/mol. The third-order valence-electron chi connectivity index (χ3n) is 2.84. The highest BCUT2D eigenvalue weighted by Gasteiger charge is 2.18. The molecule has 0 saturated heterocycles. The minimum absolute atomic E-state index is 0.0238. The predicted molar refractivity (Wildman–Crippen MR) is 87.6 cm³/mol. The fourth-order valence-electron chi connectivity index (χ4n) is 1.86. The first-order valence-corrected chi connectivity index (χ1v) is 7.68. The van der Waals surface area contributed by atoms with Crippen molar-refractivity contribution in [2.24, 2.45) is 0 Å². The van der Waals surface area contributed by atoms with Crippen LogP contribution in [0.3, 0.4) is 0 Å². The summed E-state index contributed by atoms with van der Waals surface area (Å²) < 4.78 is 14.3. The van der Waals surface area contributed by atoms with Gasteiger partial charge >= 0.3 is 0 Å². The van der Waals surface area contributed by atoms with Gasteiger partial charge in [0.2, 0.25) is 0 Å². The van der Waals surface area contributed by atoms with Crippen molar-refractivity contribution >= 4 is 56.4 Å². The summed E-state index contributed by atoms with van der Waals surface area (Å²) in [4.78, 5) is 0. The fraction of sp³-hybridized carbons (Fsp3) is 0.143. The number of halogens is 5. The molecule has 2 aromatic carbocycles. The largest absolute Gasteiger partial charge is 0.377 e. The number of nitrogens with one attached hydrogen (secondary N) is 1. The molecule has 1 unspecified atom stereocenters. The highest BCUT2D eigenvalue weighted by Crippen LogP contribution is 2.37. The maximum Gasteiger partial charge on any atom is 0.142 e. The van der Waals surface area contributed by atoms with Crippen LogP contribution in [0.4, 0.5) is 10.1 Å². The normalized spacial score (nSPS) is 12.3. The van der Waals surface area contributed by atoms with Crippen LogP contribution in [0.5, 0.6) is 0 Å². The van der Waals surface area contributed by atoms with Gasteiger partial charge in [-0.25, -0.2) is 4.39 Å². The van der Waals surface area contributed by atoms with Crippen molar-refractivity contribution in [3.63, 3.8) is 0 Å². The van der Waals surface area contributed by atoms with E-state index in [1.54, 1.807) is 6.07 Å². The van der Waals surface area contributed by atoms with Gasteiger partial charge in [0, 0.05) is 10.6 Å². The zero-order valence-electron chi connectivity index (χ0n) is 10.4. The van der Waals surface area contributed by atoms with Crippen LogP contribution in [-0.4, -0.2) is 0 Å². The molecule has 0 saturated carbocycles. The molecule has 6 heteroatoms. The number of anilines is 1. The summed E-state index contributed by atoms with van der Waals surface area (Å²) in [6, 6.07) is 7.90. The van der Waals surface area contributed by atoms with Crippen molar-refractivity contribution in [2.45, 2.75) is 13.0 Å². The Labute approximate surface area is 140 Å². The maximum atomic E-state index is 13.6. The van der Waals surface area contributed by atoms with Gasteiger partial charge in [-0.05, 0) is 47.1 Å². The van der Waals surface area contributed by atoms with E-state index in [-0.39, 0.29) is 11.1 Å². The van der Waals surface area contributed by atoms with Gasteiger partial charge < -0.3 is 5.32 Å². The smallest absolute Gasteiger partial charge is 0.142 e. The Morgan fingerprint density at radius 3 is 2.50 bits per heavy atom. The molecule has 0 aliphatic rings. The molecule has 2 rings (SSSR count). The number of rotatable bonds is 3. The average molecular weight is 398 g/mol. The molecular formula is C14H10BrCl3FN. The molecule has 0 aliphatic heterocycles. The molecule has 0 radical (unpaired) electrons. The fourth-order valence-corrected chi connectivity index (χ4v) is 3.11. The van der Waals surface area contributed by atoms with E-state index in [0.29, 0.717) is 15.6 Å². The minimum atomic E-state index is -0.495. The van der Waals surface area contributed by atoms with Crippen LogP contribution in [-0.2, 0) is 0 Å². The Morgan fingerprint density at radius 1 is 1.10 bits per heavy atom. The molecular weight excluding hydrogens is 387 g/mol. The highest BCUT2D eigenvalue weighted by molar-refractivity contribution is 9.10. The summed E-state index contributed by atoms with van der Waals surface area (Å²) in [6.45, 7) is 1.85. The van der Waals surface area contributed by atoms with E-state index in [9.17, 15) is 4.39 Å². The molecule has 1 atom stereocenters. The number of hydrogen-bond donors (Lipinski definition) is 1. The molecule has 0 fully saturated rings. The van der Waals surface area contributed by atoms with Crippen molar-refractivity contribution in [1.29, 1.82) is 0 Å². The molecule has 0 bridgehead atoms. The third kappa shape index (κ3) is 3.22.